The van der Waals surface area contributed by atoms with Crippen LogP contribution in [0.2, 0.25) is 0 Å². The third-order valence-electron chi connectivity index (χ3n) is 0.951. The summed E-state index contributed by atoms with van der Waals surface area (Å²) in [5.41, 5.74) is 2.46. The van der Waals surface area contributed by atoms with Crippen LogP contribution >= 0.6 is 15.9 Å². The molecule has 6 heteroatoms. The van der Waals surface area contributed by atoms with E-state index in [9.17, 15) is 4.79 Å². The van der Waals surface area contributed by atoms with Crippen molar-refractivity contribution in [3.05, 3.63) is 21.0 Å². The van der Waals surface area contributed by atoms with Gasteiger partial charge in [-0.2, -0.15) is 5.10 Å². The molecule has 1 heterocycles. The van der Waals surface area contributed by atoms with Crippen LogP contribution in [0.25, 0.3) is 0 Å². The molecule has 0 bridgehead atoms. The first-order valence-corrected chi connectivity index (χ1v) is 3.25. The van der Waals surface area contributed by atoms with Gasteiger partial charge in [0.15, 0.2) is 0 Å². The number of hydrogen-bond donors (Lipinski definition) is 3. The molecule has 0 aromatic carbocycles. The van der Waals surface area contributed by atoms with E-state index in [1.54, 1.807) is 0 Å². The number of nitrogens with two attached hydrogens (primary N) is 1. The van der Waals surface area contributed by atoms with Gasteiger partial charge in [-0.3, -0.25) is 10.6 Å². The van der Waals surface area contributed by atoms with E-state index in [2.05, 4.69) is 31.6 Å². The van der Waals surface area contributed by atoms with Gasteiger partial charge in [-0.1, -0.05) is 0 Å². The van der Waals surface area contributed by atoms with Gasteiger partial charge in [0, 0.05) is 0 Å². The van der Waals surface area contributed by atoms with E-state index in [0.717, 1.165) is 0 Å². The molecule has 0 saturated heterocycles. The third-order valence-corrected chi connectivity index (χ3v) is 1.74. The minimum atomic E-state index is -0.310. The number of halogens is 1. The Hall–Kier alpha value is -0.880. The molecule has 0 saturated carbocycles. The molecule has 0 spiro atoms. The Bertz CT molecular complexity index is 283. The van der Waals surface area contributed by atoms with Crippen LogP contribution in [-0.2, 0) is 0 Å². The minimum absolute atomic E-state index is 0.310. The lowest BCUT2D eigenvalue weighted by molar-refractivity contribution is 0.976. The van der Waals surface area contributed by atoms with E-state index < -0.39 is 0 Å². The molecule has 5 nitrogen and oxygen atoms in total. The van der Waals surface area contributed by atoms with Crippen LogP contribution in [0.3, 0.4) is 0 Å². The Kier molecular flexibility index (Phi) is 2.03. The van der Waals surface area contributed by atoms with Crippen molar-refractivity contribution in [1.82, 2.24) is 10.2 Å². The first-order chi connectivity index (χ1) is 4.75. The lowest BCUT2D eigenvalue weighted by atomic mass is 10.5. The second-order valence-corrected chi connectivity index (χ2v) is 2.36. The van der Waals surface area contributed by atoms with E-state index in [0.29, 0.717) is 10.2 Å². The molecule has 0 atom stereocenters. The summed E-state index contributed by atoms with van der Waals surface area (Å²) in [5, 5.41) is 5.73. The molecule has 10 heavy (non-hydrogen) atoms. The van der Waals surface area contributed by atoms with E-state index >= 15 is 0 Å². The average Bonchev–Trinajstić information content (AvgIpc) is 1.95. The summed E-state index contributed by atoms with van der Waals surface area (Å²) in [5.74, 6) is 5.05. The molecule has 4 N–H and O–H groups in total. The Morgan fingerprint density at radius 2 is 2.50 bits per heavy atom. The molecular weight excluding hydrogens is 200 g/mol. The van der Waals surface area contributed by atoms with Gasteiger partial charge < -0.3 is 5.43 Å². The fourth-order valence-corrected chi connectivity index (χ4v) is 0.790. The smallest absolute Gasteiger partial charge is 0.280 e. The van der Waals surface area contributed by atoms with Crippen LogP contribution in [0.4, 0.5) is 5.69 Å². The average molecular weight is 205 g/mol. The number of anilines is 1. The summed E-state index contributed by atoms with van der Waals surface area (Å²) >= 11 is 3.01. The van der Waals surface area contributed by atoms with Crippen molar-refractivity contribution in [3.63, 3.8) is 0 Å². The van der Waals surface area contributed by atoms with Gasteiger partial charge >= 0.3 is 0 Å². The summed E-state index contributed by atoms with van der Waals surface area (Å²) in [6.07, 6.45) is 1.41. The molecule has 1 rings (SSSR count). The van der Waals surface area contributed by atoms with E-state index in [1.807, 2.05) is 0 Å². The number of hydrogen-bond acceptors (Lipinski definition) is 4. The fourth-order valence-electron chi connectivity index (χ4n) is 0.484. The van der Waals surface area contributed by atoms with Crippen LogP contribution in [0.5, 0.6) is 0 Å². The Morgan fingerprint density at radius 3 is 3.00 bits per heavy atom. The standard InChI is InChI=1S/C4H5BrN4O/c5-3-2(8-6)1-7-9-4(3)10/h1H,6H2,(H2,8,9,10). The predicted molar refractivity (Wildman–Crippen MR) is 40.4 cm³/mol. The van der Waals surface area contributed by atoms with Crippen LogP contribution in [0, 0.1) is 0 Å². The summed E-state index contributed by atoms with van der Waals surface area (Å²) in [4.78, 5) is 10.7. The van der Waals surface area contributed by atoms with Crippen molar-refractivity contribution in [1.29, 1.82) is 0 Å². The van der Waals surface area contributed by atoms with Crippen molar-refractivity contribution in [3.8, 4) is 0 Å². The van der Waals surface area contributed by atoms with E-state index in [-0.39, 0.29) is 5.56 Å². The minimum Gasteiger partial charge on any atom is -0.321 e. The maximum Gasteiger partial charge on any atom is 0.280 e. The van der Waals surface area contributed by atoms with Gasteiger partial charge in [0.25, 0.3) is 5.56 Å². The molecule has 54 valence electrons. The molecule has 0 aliphatic rings. The van der Waals surface area contributed by atoms with Crippen LogP contribution in [0.15, 0.2) is 15.5 Å². The number of aromatic nitrogens is 2. The van der Waals surface area contributed by atoms with Crippen LogP contribution in [-0.4, -0.2) is 10.2 Å². The molecule has 0 aliphatic heterocycles. The number of rotatable bonds is 1. The SMILES string of the molecule is NNc1cn[nH]c(=O)c1Br. The summed E-state index contributed by atoms with van der Waals surface area (Å²) in [6, 6.07) is 0. The highest BCUT2D eigenvalue weighted by atomic mass is 79.9. The number of aromatic amines is 1. The monoisotopic (exact) mass is 204 g/mol. The zero-order valence-corrected chi connectivity index (χ0v) is 6.47. The van der Waals surface area contributed by atoms with Crippen molar-refractivity contribution in [2.24, 2.45) is 5.84 Å². The maximum absolute atomic E-state index is 10.7. The molecule has 0 fully saturated rings. The second-order valence-electron chi connectivity index (χ2n) is 1.57. The Balaban J connectivity index is 3.28. The Labute approximate surface area is 64.7 Å². The van der Waals surface area contributed by atoms with Crippen LogP contribution in [0.1, 0.15) is 0 Å². The number of nitrogens with one attached hydrogen (secondary N) is 2. The number of H-pyrrole nitrogens is 1. The van der Waals surface area contributed by atoms with Gasteiger partial charge in [0.1, 0.15) is 4.47 Å². The van der Waals surface area contributed by atoms with E-state index in [1.165, 1.54) is 6.20 Å². The zero-order chi connectivity index (χ0) is 7.56. The predicted octanol–water partition coefficient (Wildman–Crippen LogP) is -0.182. The summed E-state index contributed by atoms with van der Waals surface area (Å²) < 4.78 is 0.352. The first kappa shape index (κ1) is 7.23. The molecule has 0 radical (unpaired) electrons. The lowest BCUT2D eigenvalue weighted by Crippen LogP contribution is -2.15. The van der Waals surface area contributed by atoms with Crippen LogP contribution < -0.4 is 16.8 Å². The van der Waals surface area contributed by atoms with Crippen molar-refractivity contribution >= 4 is 21.6 Å². The second kappa shape index (κ2) is 2.80. The molecular formula is C4H5BrN4O. The quantitative estimate of drug-likeness (QED) is 0.438. The summed E-state index contributed by atoms with van der Waals surface area (Å²) in [6.45, 7) is 0. The Morgan fingerprint density at radius 1 is 1.80 bits per heavy atom. The highest BCUT2D eigenvalue weighted by Gasteiger charge is 2.00. The molecule has 0 amide bonds. The highest BCUT2D eigenvalue weighted by molar-refractivity contribution is 9.10. The molecule has 1 aromatic rings. The topological polar surface area (TPSA) is 83.8 Å². The zero-order valence-electron chi connectivity index (χ0n) is 4.89. The third kappa shape index (κ3) is 1.17. The molecule has 1 aromatic heterocycles. The van der Waals surface area contributed by atoms with Crippen molar-refractivity contribution < 1.29 is 0 Å². The van der Waals surface area contributed by atoms with Gasteiger partial charge in [-0.25, -0.2) is 5.10 Å². The molecule has 0 unspecified atom stereocenters. The van der Waals surface area contributed by atoms with Gasteiger partial charge in [-0.05, 0) is 15.9 Å². The van der Waals surface area contributed by atoms with Gasteiger partial charge in [0.05, 0.1) is 11.9 Å². The first-order valence-electron chi connectivity index (χ1n) is 2.45. The van der Waals surface area contributed by atoms with E-state index in [4.69, 9.17) is 5.84 Å². The number of nitrogen functional groups attached to an aromatic ring is 1. The summed E-state index contributed by atoms with van der Waals surface area (Å²) in [7, 11) is 0. The maximum atomic E-state index is 10.7. The molecule has 0 aliphatic carbocycles. The number of nitrogens with zero attached hydrogens (tertiary/aromatic N) is 1. The normalized spacial score (nSPS) is 9.40. The van der Waals surface area contributed by atoms with Crippen molar-refractivity contribution in [2.75, 3.05) is 5.43 Å². The lowest BCUT2D eigenvalue weighted by Gasteiger charge is -1.97. The fraction of sp³-hybridized carbons (Fsp3) is 0. The largest absolute Gasteiger partial charge is 0.321 e. The van der Waals surface area contributed by atoms with Crippen molar-refractivity contribution in [2.45, 2.75) is 0 Å². The van der Waals surface area contributed by atoms with Gasteiger partial charge in [0.2, 0.25) is 0 Å². The number of hydrazine groups is 1. The highest BCUT2D eigenvalue weighted by Crippen LogP contribution is 2.12. The van der Waals surface area contributed by atoms with Gasteiger partial charge in [-0.15, -0.1) is 0 Å².